The zero-order valence-electron chi connectivity index (χ0n) is 13.5. The Bertz CT molecular complexity index is 556. The first-order chi connectivity index (χ1) is 10.8. The molecule has 1 atom stereocenters. The fourth-order valence-electron chi connectivity index (χ4n) is 3.11. The van der Waals surface area contributed by atoms with E-state index >= 15 is 0 Å². The van der Waals surface area contributed by atoms with Gasteiger partial charge >= 0.3 is 0 Å². The molecule has 1 fully saturated rings. The second-order valence-corrected chi connectivity index (χ2v) is 6.27. The molecule has 0 saturated carbocycles. The lowest BCUT2D eigenvalue weighted by Gasteiger charge is -2.28. The minimum absolute atomic E-state index is 0.625. The van der Waals surface area contributed by atoms with Crippen molar-refractivity contribution >= 4 is 0 Å². The van der Waals surface area contributed by atoms with Crippen LogP contribution in [-0.2, 0) is 0 Å². The van der Waals surface area contributed by atoms with Crippen LogP contribution in [0.25, 0.3) is 11.1 Å². The van der Waals surface area contributed by atoms with Crippen LogP contribution in [0.2, 0.25) is 0 Å². The van der Waals surface area contributed by atoms with Gasteiger partial charge in [-0.1, -0.05) is 61.5 Å². The van der Waals surface area contributed by atoms with Crippen LogP contribution in [0.5, 0.6) is 0 Å². The Morgan fingerprint density at radius 3 is 2.23 bits per heavy atom. The fraction of sp³-hybridized carbons (Fsp3) is 0.400. The van der Waals surface area contributed by atoms with Crippen molar-refractivity contribution in [1.29, 1.82) is 0 Å². The van der Waals surface area contributed by atoms with Crippen molar-refractivity contribution < 1.29 is 0 Å². The summed E-state index contributed by atoms with van der Waals surface area (Å²) >= 11 is 0. The van der Waals surface area contributed by atoms with Crippen LogP contribution in [0.1, 0.15) is 24.8 Å². The van der Waals surface area contributed by atoms with Gasteiger partial charge in [0.2, 0.25) is 0 Å². The standard InChI is InChI=1S/C20H26N2/c1-17(11-14-22-15-12-21-13-16-22)18-7-9-20(10-8-18)19-5-3-2-4-6-19/h2-10,17,21H,11-16H2,1H3. The molecule has 2 heteroatoms. The van der Waals surface area contributed by atoms with Crippen molar-refractivity contribution in [3.8, 4) is 11.1 Å². The minimum Gasteiger partial charge on any atom is -0.314 e. The van der Waals surface area contributed by atoms with Gasteiger partial charge in [0.15, 0.2) is 0 Å². The highest BCUT2D eigenvalue weighted by atomic mass is 15.2. The van der Waals surface area contributed by atoms with Crippen LogP contribution in [0.15, 0.2) is 54.6 Å². The molecule has 0 aliphatic carbocycles. The zero-order chi connectivity index (χ0) is 15.2. The van der Waals surface area contributed by atoms with Crippen LogP contribution in [0, 0.1) is 0 Å². The quantitative estimate of drug-likeness (QED) is 0.903. The molecule has 0 spiro atoms. The Kier molecular flexibility index (Phi) is 5.25. The molecule has 1 aliphatic rings. The van der Waals surface area contributed by atoms with Crippen LogP contribution < -0.4 is 5.32 Å². The topological polar surface area (TPSA) is 15.3 Å². The molecule has 1 saturated heterocycles. The maximum Gasteiger partial charge on any atom is 0.0107 e. The summed E-state index contributed by atoms with van der Waals surface area (Å²) in [7, 11) is 0. The molecule has 1 N–H and O–H groups in total. The highest BCUT2D eigenvalue weighted by Crippen LogP contribution is 2.24. The summed E-state index contributed by atoms with van der Waals surface area (Å²) in [6.45, 7) is 8.22. The maximum absolute atomic E-state index is 3.41. The summed E-state index contributed by atoms with van der Waals surface area (Å²) in [6.07, 6.45) is 1.24. The lowest BCUT2D eigenvalue weighted by atomic mass is 9.95. The number of piperazine rings is 1. The molecule has 2 nitrogen and oxygen atoms in total. The molecule has 0 aromatic heterocycles. The van der Waals surface area contributed by atoms with Crippen molar-refractivity contribution in [3.63, 3.8) is 0 Å². The van der Waals surface area contributed by atoms with E-state index in [4.69, 9.17) is 0 Å². The van der Waals surface area contributed by atoms with Crippen LogP contribution in [0.4, 0.5) is 0 Å². The zero-order valence-corrected chi connectivity index (χ0v) is 13.5. The van der Waals surface area contributed by atoms with Crippen LogP contribution in [-0.4, -0.2) is 37.6 Å². The average molecular weight is 294 g/mol. The van der Waals surface area contributed by atoms with Crippen molar-refractivity contribution in [2.24, 2.45) is 0 Å². The molecule has 116 valence electrons. The van der Waals surface area contributed by atoms with Crippen LogP contribution in [0.3, 0.4) is 0 Å². The molecule has 2 aromatic carbocycles. The first-order valence-electron chi connectivity index (χ1n) is 8.41. The van der Waals surface area contributed by atoms with Gasteiger partial charge in [0.25, 0.3) is 0 Å². The van der Waals surface area contributed by atoms with E-state index in [1.54, 1.807) is 0 Å². The van der Waals surface area contributed by atoms with Gasteiger partial charge in [0, 0.05) is 26.2 Å². The largest absolute Gasteiger partial charge is 0.314 e. The molecular formula is C20H26N2. The first-order valence-corrected chi connectivity index (χ1v) is 8.41. The maximum atomic E-state index is 3.41. The average Bonchev–Trinajstić information content (AvgIpc) is 2.61. The highest BCUT2D eigenvalue weighted by molar-refractivity contribution is 5.63. The molecular weight excluding hydrogens is 268 g/mol. The van der Waals surface area contributed by atoms with Gasteiger partial charge in [-0.2, -0.15) is 0 Å². The molecule has 0 radical (unpaired) electrons. The normalized spacial score (nSPS) is 17.3. The minimum atomic E-state index is 0.625. The molecule has 2 aromatic rings. The van der Waals surface area contributed by atoms with E-state index in [1.807, 2.05) is 0 Å². The molecule has 1 aliphatic heterocycles. The Hall–Kier alpha value is -1.64. The number of nitrogens with one attached hydrogen (secondary N) is 1. The second-order valence-electron chi connectivity index (χ2n) is 6.27. The summed E-state index contributed by atoms with van der Waals surface area (Å²) in [5.74, 6) is 0.625. The second kappa shape index (κ2) is 7.57. The molecule has 0 amide bonds. The monoisotopic (exact) mass is 294 g/mol. The van der Waals surface area contributed by atoms with Gasteiger partial charge in [-0.05, 0) is 35.6 Å². The van der Waals surface area contributed by atoms with Crippen molar-refractivity contribution in [2.45, 2.75) is 19.3 Å². The van der Waals surface area contributed by atoms with Crippen molar-refractivity contribution in [3.05, 3.63) is 60.2 Å². The first kappa shape index (κ1) is 15.3. The van der Waals surface area contributed by atoms with Gasteiger partial charge in [0.05, 0.1) is 0 Å². The molecule has 1 unspecified atom stereocenters. The van der Waals surface area contributed by atoms with Crippen molar-refractivity contribution in [2.75, 3.05) is 32.7 Å². The Morgan fingerprint density at radius 1 is 0.909 bits per heavy atom. The molecule has 0 bridgehead atoms. The summed E-state index contributed by atoms with van der Waals surface area (Å²) in [6, 6.07) is 19.7. The van der Waals surface area contributed by atoms with Gasteiger partial charge in [-0.3, -0.25) is 0 Å². The van der Waals surface area contributed by atoms with E-state index in [2.05, 4.69) is 71.7 Å². The number of hydrogen-bond acceptors (Lipinski definition) is 2. The van der Waals surface area contributed by atoms with E-state index in [0.717, 1.165) is 13.1 Å². The van der Waals surface area contributed by atoms with Gasteiger partial charge in [-0.25, -0.2) is 0 Å². The summed E-state index contributed by atoms with van der Waals surface area (Å²) in [5, 5.41) is 3.41. The van der Waals surface area contributed by atoms with Gasteiger partial charge in [-0.15, -0.1) is 0 Å². The third-order valence-electron chi connectivity index (χ3n) is 4.67. The van der Waals surface area contributed by atoms with Gasteiger partial charge < -0.3 is 10.2 Å². The molecule has 3 rings (SSSR count). The molecule has 22 heavy (non-hydrogen) atoms. The summed E-state index contributed by atoms with van der Waals surface area (Å²) in [4.78, 5) is 2.57. The summed E-state index contributed by atoms with van der Waals surface area (Å²) < 4.78 is 0. The smallest absolute Gasteiger partial charge is 0.0107 e. The van der Waals surface area contributed by atoms with Crippen molar-refractivity contribution in [1.82, 2.24) is 10.2 Å². The number of nitrogens with zero attached hydrogens (tertiary/aromatic N) is 1. The molecule has 1 heterocycles. The van der Waals surface area contributed by atoms with E-state index in [0.29, 0.717) is 5.92 Å². The third kappa shape index (κ3) is 3.96. The lowest BCUT2D eigenvalue weighted by Crippen LogP contribution is -2.43. The Balaban J connectivity index is 1.57. The predicted molar refractivity (Wildman–Crippen MR) is 94.2 cm³/mol. The van der Waals surface area contributed by atoms with E-state index in [9.17, 15) is 0 Å². The van der Waals surface area contributed by atoms with Gasteiger partial charge in [0.1, 0.15) is 0 Å². The lowest BCUT2D eigenvalue weighted by molar-refractivity contribution is 0.234. The fourth-order valence-corrected chi connectivity index (χ4v) is 3.11. The third-order valence-corrected chi connectivity index (χ3v) is 4.67. The predicted octanol–water partition coefficient (Wildman–Crippen LogP) is 3.75. The Morgan fingerprint density at radius 2 is 1.55 bits per heavy atom. The van der Waals surface area contributed by atoms with E-state index in [1.165, 1.54) is 42.7 Å². The highest BCUT2D eigenvalue weighted by Gasteiger charge is 2.12. The number of hydrogen-bond donors (Lipinski definition) is 1. The Labute approximate surface area is 134 Å². The number of rotatable bonds is 5. The SMILES string of the molecule is CC(CCN1CCNCC1)c1ccc(-c2ccccc2)cc1. The van der Waals surface area contributed by atoms with Crippen LogP contribution >= 0.6 is 0 Å². The van der Waals surface area contributed by atoms with E-state index < -0.39 is 0 Å². The van der Waals surface area contributed by atoms with E-state index in [-0.39, 0.29) is 0 Å². The summed E-state index contributed by atoms with van der Waals surface area (Å²) in [5.41, 5.74) is 4.05. The number of benzene rings is 2.